The molecule has 0 radical (unpaired) electrons. The first kappa shape index (κ1) is 18.3. The van der Waals surface area contributed by atoms with Gasteiger partial charge in [-0.05, 0) is 44.7 Å². The highest BCUT2D eigenvalue weighted by Gasteiger charge is 2.31. The second kappa shape index (κ2) is 8.30. The van der Waals surface area contributed by atoms with Crippen molar-refractivity contribution in [2.75, 3.05) is 31.1 Å². The minimum Gasteiger partial charge on any atom is -0.354 e. The number of nitrogens with zero attached hydrogens (tertiary/aromatic N) is 4. The van der Waals surface area contributed by atoms with Gasteiger partial charge in [0, 0.05) is 43.5 Å². The third kappa shape index (κ3) is 4.26. The SMILES string of the molecule is Cc1ccc(Sc2nccnc2N2CCCC(C(=O)N3CCCC3)C2)cc1. The second-order valence-electron chi connectivity index (χ2n) is 7.42. The molecule has 2 fully saturated rings. The van der Waals surface area contributed by atoms with Crippen molar-refractivity contribution in [2.45, 2.75) is 42.5 Å². The molecule has 0 N–H and O–H groups in total. The molecule has 5 nitrogen and oxygen atoms in total. The summed E-state index contributed by atoms with van der Waals surface area (Å²) in [6.07, 6.45) is 7.78. The van der Waals surface area contributed by atoms with Crippen LogP contribution in [0.15, 0.2) is 46.6 Å². The molecule has 27 heavy (non-hydrogen) atoms. The van der Waals surface area contributed by atoms with Crippen LogP contribution in [0.2, 0.25) is 0 Å². The van der Waals surface area contributed by atoms with E-state index in [9.17, 15) is 4.79 Å². The number of rotatable bonds is 4. The van der Waals surface area contributed by atoms with Gasteiger partial charge in [0.25, 0.3) is 0 Å². The molecule has 1 atom stereocenters. The van der Waals surface area contributed by atoms with E-state index in [1.54, 1.807) is 24.2 Å². The molecular formula is C21H26N4OS. The van der Waals surface area contributed by atoms with Crippen molar-refractivity contribution in [1.29, 1.82) is 0 Å². The Hall–Kier alpha value is -2.08. The van der Waals surface area contributed by atoms with E-state index in [4.69, 9.17) is 0 Å². The van der Waals surface area contributed by atoms with Gasteiger partial charge in [0.05, 0.1) is 5.92 Å². The van der Waals surface area contributed by atoms with Crippen LogP contribution in [0.4, 0.5) is 5.82 Å². The summed E-state index contributed by atoms with van der Waals surface area (Å²) >= 11 is 1.64. The molecule has 1 aromatic carbocycles. The maximum absolute atomic E-state index is 12.8. The highest BCUT2D eigenvalue weighted by molar-refractivity contribution is 7.99. The first-order valence-electron chi connectivity index (χ1n) is 9.80. The fourth-order valence-corrected chi connectivity index (χ4v) is 4.77. The summed E-state index contributed by atoms with van der Waals surface area (Å²) in [7, 11) is 0. The predicted octanol–water partition coefficient (Wildman–Crippen LogP) is 3.78. The summed E-state index contributed by atoms with van der Waals surface area (Å²) in [6.45, 7) is 5.62. The molecule has 0 bridgehead atoms. The van der Waals surface area contributed by atoms with Crippen LogP contribution >= 0.6 is 11.8 Å². The van der Waals surface area contributed by atoms with Gasteiger partial charge in [-0.3, -0.25) is 4.79 Å². The van der Waals surface area contributed by atoms with Crippen LogP contribution in [0.1, 0.15) is 31.2 Å². The van der Waals surface area contributed by atoms with Gasteiger partial charge in [-0.1, -0.05) is 29.5 Å². The molecule has 4 rings (SSSR count). The number of hydrogen-bond donors (Lipinski definition) is 0. The lowest BCUT2D eigenvalue weighted by Gasteiger charge is -2.35. The zero-order chi connectivity index (χ0) is 18.6. The van der Waals surface area contributed by atoms with E-state index in [0.717, 1.165) is 67.6 Å². The van der Waals surface area contributed by atoms with Gasteiger partial charge in [0.2, 0.25) is 5.91 Å². The zero-order valence-electron chi connectivity index (χ0n) is 15.8. The normalized spacial score (nSPS) is 20.1. The third-order valence-electron chi connectivity index (χ3n) is 5.37. The number of carbonyl (C=O) groups is 1. The molecule has 2 aliphatic rings. The van der Waals surface area contributed by atoms with Crippen molar-refractivity contribution in [1.82, 2.24) is 14.9 Å². The Labute approximate surface area is 165 Å². The van der Waals surface area contributed by atoms with E-state index >= 15 is 0 Å². The first-order chi connectivity index (χ1) is 13.2. The second-order valence-corrected chi connectivity index (χ2v) is 8.48. The Morgan fingerprint density at radius 1 is 1.04 bits per heavy atom. The fraction of sp³-hybridized carbons (Fsp3) is 0.476. The van der Waals surface area contributed by atoms with Crippen LogP contribution < -0.4 is 4.90 Å². The maximum atomic E-state index is 12.8. The standard InChI is InChI=1S/C21H26N4OS/c1-16-6-8-18(9-7-16)27-20-19(22-10-11-23-20)25-14-4-5-17(15-25)21(26)24-12-2-3-13-24/h6-11,17H,2-5,12-15H2,1H3. The van der Waals surface area contributed by atoms with Gasteiger partial charge < -0.3 is 9.80 Å². The number of aryl methyl sites for hydroxylation is 1. The van der Waals surface area contributed by atoms with Gasteiger partial charge >= 0.3 is 0 Å². The molecule has 2 aromatic rings. The number of anilines is 1. The van der Waals surface area contributed by atoms with E-state index in [1.807, 2.05) is 4.90 Å². The number of carbonyl (C=O) groups excluding carboxylic acids is 1. The van der Waals surface area contributed by atoms with Crippen LogP contribution in [0, 0.1) is 12.8 Å². The van der Waals surface area contributed by atoms with Crippen LogP contribution in [0.25, 0.3) is 0 Å². The number of hydrogen-bond acceptors (Lipinski definition) is 5. The lowest BCUT2D eigenvalue weighted by atomic mass is 9.96. The van der Waals surface area contributed by atoms with Gasteiger partial charge in [-0.15, -0.1) is 0 Å². The van der Waals surface area contributed by atoms with Crippen LogP contribution in [0.3, 0.4) is 0 Å². The van der Waals surface area contributed by atoms with Gasteiger partial charge in [0.15, 0.2) is 5.82 Å². The topological polar surface area (TPSA) is 49.3 Å². The lowest BCUT2D eigenvalue weighted by Crippen LogP contribution is -2.44. The summed E-state index contributed by atoms with van der Waals surface area (Å²) in [5, 5.41) is 0.913. The highest BCUT2D eigenvalue weighted by atomic mass is 32.2. The number of aromatic nitrogens is 2. The van der Waals surface area contributed by atoms with Crippen LogP contribution in [0.5, 0.6) is 0 Å². The largest absolute Gasteiger partial charge is 0.354 e. The van der Waals surface area contributed by atoms with Crippen molar-refractivity contribution in [3.8, 4) is 0 Å². The molecule has 2 saturated heterocycles. The Morgan fingerprint density at radius 2 is 1.78 bits per heavy atom. The van der Waals surface area contributed by atoms with E-state index in [2.05, 4.69) is 46.1 Å². The number of likely N-dealkylation sites (tertiary alicyclic amines) is 1. The van der Waals surface area contributed by atoms with Gasteiger partial charge in [0.1, 0.15) is 5.03 Å². The lowest BCUT2D eigenvalue weighted by molar-refractivity contribution is -0.134. The molecule has 0 spiro atoms. The average molecular weight is 383 g/mol. The Morgan fingerprint density at radius 3 is 2.56 bits per heavy atom. The van der Waals surface area contributed by atoms with E-state index in [1.165, 1.54) is 5.56 Å². The molecule has 0 aliphatic carbocycles. The summed E-state index contributed by atoms with van der Waals surface area (Å²) in [6, 6.07) is 8.47. The van der Waals surface area contributed by atoms with E-state index < -0.39 is 0 Å². The minimum atomic E-state index is 0.0797. The Kier molecular flexibility index (Phi) is 5.62. The molecular weight excluding hydrogens is 356 g/mol. The molecule has 1 unspecified atom stereocenters. The molecule has 142 valence electrons. The monoisotopic (exact) mass is 382 g/mol. The van der Waals surface area contributed by atoms with Crippen molar-refractivity contribution >= 4 is 23.5 Å². The minimum absolute atomic E-state index is 0.0797. The maximum Gasteiger partial charge on any atom is 0.227 e. The number of amides is 1. The summed E-state index contributed by atoms with van der Waals surface area (Å²) < 4.78 is 0. The van der Waals surface area contributed by atoms with Crippen molar-refractivity contribution in [2.24, 2.45) is 5.92 Å². The summed E-state index contributed by atoms with van der Waals surface area (Å²) in [5.74, 6) is 1.31. The third-order valence-corrected chi connectivity index (χ3v) is 6.36. The van der Waals surface area contributed by atoms with Gasteiger partial charge in [-0.2, -0.15) is 0 Å². The molecule has 6 heteroatoms. The Balaban J connectivity index is 1.50. The fourth-order valence-electron chi connectivity index (χ4n) is 3.89. The molecule has 3 heterocycles. The van der Waals surface area contributed by atoms with E-state index in [-0.39, 0.29) is 5.92 Å². The molecule has 0 saturated carbocycles. The highest BCUT2D eigenvalue weighted by Crippen LogP contribution is 2.34. The number of piperidine rings is 1. The van der Waals surface area contributed by atoms with Crippen molar-refractivity contribution in [3.05, 3.63) is 42.2 Å². The van der Waals surface area contributed by atoms with Crippen molar-refractivity contribution < 1.29 is 4.79 Å². The Bertz CT molecular complexity index is 789. The molecule has 1 aromatic heterocycles. The van der Waals surface area contributed by atoms with Crippen molar-refractivity contribution in [3.63, 3.8) is 0 Å². The van der Waals surface area contributed by atoms with Gasteiger partial charge in [-0.25, -0.2) is 9.97 Å². The smallest absolute Gasteiger partial charge is 0.227 e. The van der Waals surface area contributed by atoms with Crippen LogP contribution in [-0.4, -0.2) is 47.0 Å². The van der Waals surface area contributed by atoms with Crippen LogP contribution in [-0.2, 0) is 4.79 Å². The quantitative estimate of drug-likeness (QED) is 0.805. The molecule has 2 aliphatic heterocycles. The average Bonchev–Trinajstić information content (AvgIpc) is 3.24. The summed E-state index contributed by atoms with van der Waals surface area (Å²) in [5.41, 5.74) is 1.25. The zero-order valence-corrected chi connectivity index (χ0v) is 16.6. The van der Waals surface area contributed by atoms with E-state index in [0.29, 0.717) is 5.91 Å². The first-order valence-corrected chi connectivity index (χ1v) is 10.6. The summed E-state index contributed by atoms with van der Waals surface area (Å²) in [4.78, 5) is 27.5. The number of benzene rings is 1. The predicted molar refractivity (Wildman–Crippen MR) is 108 cm³/mol. The molecule has 1 amide bonds.